The molecule has 0 bridgehead atoms. The van der Waals surface area contributed by atoms with E-state index in [4.69, 9.17) is 0 Å². The molecule has 22 heavy (non-hydrogen) atoms. The van der Waals surface area contributed by atoms with Crippen LogP contribution < -0.4 is 10.7 Å². The van der Waals surface area contributed by atoms with Crippen molar-refractivity contribution in [1.82, 2.24) is 10.7 Å². The minimum Gasteiger partial charge on any atom is -0.343 e. The molecule has 0 spiro atoms. The van der Waals surface area contributed by atoms with Gasteiger partial charge in [-0.15, -0.1) is 0 Å². The van der Waals surface area contributed by atoms with E-state index in [1.54, 1.807) is 24.3 Å². The first kappa shape index (κ1) is 15.9. The van der Waals surface area contributed by atoms with Crippen molar-refractivity contribution in [2.24, 2.45) is 5.10 Å². The molecule has 2 rings (SSSR count). The number of rotatable bonds is 5. The summed E-state index contributed by atoms with van der Waals surface area (Å²) in [5.74, 6) is -0.692. The van der Waals surface area contributed by atoms with E-state index in [2.05, 4.69) is 31.8 Å². The largest absolute Gasteiger partial charge is 0.343 e. The number of hydrazone groups is 1. The second-order valence-corrected chi connectivity index (χ2v) is 5.31. The number of hydrogen-bond donors (Lipinski definition) is 2. The quantitative estimate of drug-likeness (QED) is 0.635. The monoisotopic (exact) mass is 359 g/mol. The lowest BCUT2D eigenvalue weighted by Crippen LogP contribution is -2.34. The summed E-state index contributed by atoms with van der Waals surface area (Å²) in [5, 5.41) is 6.36. The summed E-state index contributed by atoms with van der Waals surface area (Å²) in [5.41, 5.74) is 3.72. The van der Waals surface area contributed by atoms with Crippen molar-refractivity contribution in [3.05, 3.63) is 70.2 Å². The van der Waals surface area contributed by atoms with E-state index in [-0.39, 0.29) is 12.5 Å². The molecule has 5 nitrogen and oxygen atoms in total. The van der Waals surface area contributed by atoms with Gasteiger partial charge in [-0.1, -0.05) is 46.3 Å². The van der Waals surface area contributed by atoms with E-state index in [0.717, 1.165) is 10.0 Å². The molecule has 2 amide bonds. The summed E-state index contributed by atoms with van der Waals surface area (Å²) >= 11 is 3.35. The van der Waals surface area contributed by atoms with E-state index in [9.17, 15) is 9.59 Å². The third-order valence-corrected chi connectivity index (χ3v) is 3.19. The molecule has 0 atom stereocenters. The van der Waals surface area contributed by atoms with Gasteiger partial charge in [0.1, 0.15) is 0 Å². The third kappa shape index (κ3) is 5.14. The van der Waals surface area contributed by atoms with Crippen molar-refractivity contribution < 1.29 is 9.59 Å². The second kappa shape index (κ2) is 8.09. The number of hydrogen-bond acceptors (Lipinski definition) is 3. The lowest BCUT2D eigenvalue weighted by molar-refractivity contribution is -0.120. The minimum absolute atomic E-state index is 0.135. The van der Waals surface area contributed by atoms with E-state index in [1.807, 2.05) is 30.3 Å². The first-order chi connectivity index (χ1) is 10.6. The molecule has 2 N–H and O–H groups in total. The fourth-order valence-electron chi connectivity index (χ4n) is 1.66. The Kier molecular flexibility index (Phi) is 5.85. The van der Waals surface area contributed by atoms with Gasteiger partial charge in [0.25, 0.3) is 11.8 Å². The lowest BCUT2D eigenvalue weighted by atomic mass is 10.2. The number of nitrogens with one attached hydrogen (secondary N) is 2. The highest BCUT2D eigenvalue weighted by atomic mass is 79.9. The summed E-state index contributed by atoms with van der Waals surface area (Å²) in [4.78, 5) is 23.3. The molecule has 0 aromatic heterocycles. The van der Waals surface area contributed by atoms with Crippen LogP contribution in [0, 0.1) is 0 Å². The van der Waals surface area contributed by atoms with Crippen LogP contribution in [0.15, 0.2) is 64.2 Å². The van der Waals surface area contributed by atoms with Gasteiger partial charge < -0.3 is 5.32 Å². The highest BCUT2D eigenvalue weighted by Crippen LogP contribution is 2.09. The molecule has 0 radical (unpaired) electrons. The van der Waals surface area contributed by atoms with Gasteiger partial charge in [-0.05, 0) is 29.8 Å². The Labute approximate surface area is 136 Å². The zero-order chi connectivity index (χ0) is 15.8. The second-order valence-electron chi connectivity index (χ2n) is 4.40. The topological polar surface area (TPSA) is 70.6 Å². The zero-order valence-electron chi connectivity index (χ0n) is 11.6. The Morgan fingerprint density at radius 2 is 1.86 bits per heavy atom. The average molecular weight is 360 g/mol. The molecule has 0 saturated carbocycles. The molecule has 0 aliphatic heterocycles. The Morgan fingerprint density at radius 3 is 2.59 bits per heavy atom. The SMILES string of the molecule is O=C(CNC(=O)c1ccccc1)N/N=C\c1cccc(Br)c1. The first-order valence-corrected chi connectivity index (χ1v) is 7.35. The van der Waals surface area contributed by atoms with Gasteiger partial charge >= 0.3 is 0 Å². The van der Waals surface area contributed by atoms with Crippen molar-refractivity contribution in [3.63, 3.8) is 0 Å². The van der Waals surface area contributed by atoms with Gasteiger partial charge in [-0.25, -0.2) is 5.43 Å². The Bertz CT molecular complexity index is 687. The Hall–Kier alpha value is -2.47. The smallest absolute Gasteiger partial charge is 0.259 e. The number of carbonyl (C=O) groups excluding carboxylic acids is 2. The van der Waals surface area contributed by atoms with Gasteiger partial charge in [-0.2, -0.15) is 5.10 Å². The van der Waals surface area contributed by atoms with Gasteiger partial charge in [-0.3, -0.25) is 9.59 Å². The number of halogens is 1. The van der Waals surface area contributed by atoms with Crippen molar-refractivity contribution in [2.45, 2.75) is 0 Å². The maximum Gasteiger partial charge on any atom is 0.259 e. The number of benzene rings is 2. The molecular weight excluding hydrogens is 346 g/mol. The average Bonchev–Trinajstić information content (AvgIpc) is 2.53. The fraction of sp³-hybridized carbons (Fsp3) is 0.0625. The van der Waals surface area contributed by atoms with Crippen molar-refractivity contribution >= 4 is 34.0 Å². The fourth-order valence-corrected chi connectivity index (χ4v) is 2.07. The molecule has 0 heterocycles. The number of nitrogens with zero attached hydrogens (tertiary/aromatic N) is 1. The van der Waals surface area contributed by atoms with Crippen LogP contribution in [0.2, 0.25) is 0 Å². The van der Waals surface area contributed by atoms with Gasteiger partial charge in [0.15, 0.2) is 0 Å². The lowest BCUT2D eigenvalue weighted by Gasteiger charge is -2.03. The molecule has 2 aromatic carbocycles. The van der Waals surface area contributed by atoms with Crippen LogP contribution in [0.25, 0.3) is 0 Å². The minimum atomic E-state index is -0.393. The van der Waals surface area contributed by atoms with Crippen LogP contribution in [0.5, 0.6) is 0 Å². The van der Waals surface area contributed by atoms with Crippen LogP contribution in [0.1, 0.15) is 15.9 Å². The van der Waals surface area contributed by atoms with Gasteiger partial charge in [0.05, 0.1) is 12.8 Å². The van der Waals surface area contributed by atoms with Crippen LogP contribution >= 0.6 is 15.9 Å². The zero-order valence-corrected chi connectivity index (χ0v) is 13.2. The highest BCUT2D eigenvalue weighted by Gasteiger charge is 2.06. The summed E-state index contributed by atoms with van der Waals surface area (Å²) in [6.45, 7) is -0.135. The molecule has 2 aromatic rings. The predicted octanol–water partition coefficient (Wildman–Crippen LogP) is 2.33. The predicted molar refractivity (Wildman–Crippen MR) is 88.7 cm³/mol. The maximum absolute atomic E-state index is 11.7. The molecule has 0 saturated heterocycles. The number of carbonyl (C=O) groups is 2. The molecule has 112 valence electrons. The van der Waals surface area contributed by atoms with Crippen molar-refractivity contribution in [3.8, 4) is 0 Å². The van der Waals surface area contributed by atoms with Crippen molar-refractivity contribution in [1.29, 1.82) is 0 Å². The third-order valence-electron chi connectivity index (χ3n) is 2.70. The molecule has 0 unspecified atom stereocenters. The molecule has 0 aliphatic carbocycles. The molecule has 6 heteroatoms. The Balaban J connectivity index is 1.77. The van der Waals surface area contributed by atoms with E-state index in [1.165, 1.54) is 6.21 Å². The van der Waals surface area contributed by atoms with Gasteiger partial charge in [0.2, 0.25) is 0 Å². The van der Waals surface area contributed by atoms with Crippen LogP contribution in [0.4, 0.5) is 0 Å². The highest BCUT2D eigenvalue weighted by molar-refractivity contribution is 9.10. The first-order valence-electron chi connectivity index (χ1n) is 6.56. The molecular formula is C16H14BrN3O2. The van der Waals surface area contributed by atoms with E-state index in [0.29, 0.717) is 5.56 Å². The summed E-state index contributed by atoms with van der Waals surface area (Å²) < 4.78 is 0.929. The summed E-state index contributed by atoms with van der Waals surface area (Å²) in [6.07, 6.45) is 1.53. The van der Waals surface area contributed by atoms with Crippen LogP contribution in [0.3, 0.4) is 0 Å². The normalized spacial score (nSPS) is 10.4. The van der Waals surface area contributed by atoms with E-state index < -0.39 is 5.91 Å². The molecule has 0 aliphatic rings. The van der Waals surface area contributed by atoms with Crippen LogP contribution in [-0.2, 0) is 4.79 Å². The summed E-state index contributed by atoms with van der Waals surface area (Å²) in [6, 6.07) is 16.2. The Morgan fingerprint density at radius 1 is 1.09 bits per heavy atom. The summed E-state index contributed by atoms with van der Waals surface area (Å²) in [7, 11) is 0. The maximum atomic E-state index is 11.7. The van der Waals surface area contributed by atoms with Gasteiger partial charge in [0, 0.05) is 10.0 Å². The molecule has 0 fully saturated rings. The standard InChI is InChI=1S/C16H14BrN3O2/c17-14-8-4-5-12(9-14)10-19-20-15(21)11-18-16(22)13-6-2-1-3-7-13/h1-10H,11H2,(H,18,22)(H,20,21)/b19-10-. The van der Waals surface area contributed by atoms with Crippen molar-refractivity contribution in [2.75, 3.05) is 6.54 Å². The van der Waals surface area contributed by atoms with Crippen LogP contribution in [-0.4, -0.2) is 24.6 Å². The number of amides is 2. The van der Waals surface area contributed by atoms with E-state index >= 15 is 0 Å².